The van der Waals surface area contributed by atoms with Gasteiger partial charge in [-0.05, 0) is 35.4 Å². The van der Waals surface area contributed by atoms with E-state index in [2.05, 4.69) is 0 Å². The molecule has 1 aliphatic rings. The molecule has 23 heavy (non-hydrogen) atoms. The molecule has 0 amide bonds. The van der Waals surface area contributed by atoms with Gasteiger partial charge in [-0.25, -0.2) is 0 Å². The van der Waals surface area contributed by atoms with Crippen LogP contribution in [0.3, 0.4) is 0 Å². The average Bonchev–Trinajstić information content (AvgIpc) is 2.54. The quantitative estimate of drug-likeness (QED) is 0.915. The number of anilines is 1. The first-order valence-corrected chi connectivity index (χ1v) is 7.26. The van der Waals surface area contributed by atoms with Crippen LogP contribution >= 0.6 is 0 Å². The fraction of sp³-hybridized carbons (Fsp3) is 0.294. The van der Waals surface area contributed by atoms with Gasteiger partial charge in [-0.15, -0.1) is 0 Å². The van der Waals surface area contributed by atoms with Crippen LogP contribution in [0.2, 0.25) is 0 Å². The van der Waals surface area contributed by atoms with Crippen LogP contribution in [0.5, 0.6) is 5.75 Å². The molecule has 6 heteroatoms. The number of halogens is 3. The van der Waals surface area contributed by atoms with Crippen LogP contribution < -0.4 is 15.4 Å². The van der Waals surface area contributed by atoms with E-state index in [-0.39, 0.29) is 6.10 Å². The highest BCUT2D eigenvalue weighted by atomic mass is 19.4. The third-order valence-electron chi connectivity index (χ3n) is 3.99. The van der Waals surface area contributed by atoms with Crippen molar-refractivity contribution < 1.29 is 17.9 Å². The van der Waals surface area contributed by atoms with Gasteiger partial charge in [-0.2, -0.15) is 13.2 Å². The van der Waals surface area contributed by atoms with E-state index in [0.717, 1.165) is 28.9 Å². The maximum absolute atomic E-state index is 12.6. The standard InChI is InChI=1S/C17H17F3N2O/c1-22-10-16(12-3-5-13(6-4-12)17(18,19)20)23-15-7-2-11(9-21)8-14(15)22/h2-8,16H,9-10,21H2,1H3. The van der Waals surface area contributed by atoms with E-state index in [4.69, 9.17) is 10.5 Å². The molecule has 122 valence electrons. The summed E-state index contributed by atoms with van der Waals surface area (Å²) in [7, 11) is 1.93. The van der Waals surface area contributed by atoms with Gasteiger partial charge in [-0.3, -0.25) is 0 Å². The normalized spacial score (nSPS) is 17.6. The molecule has 3 rings (SSSR count). The highest BCUT2D eigenvalue weighted by Gasteiger charge is 2.31. The van der Waals surface area contributed by atoms with Gasteiger partial charge in [0.2, 0.25) is 0 Å². The molecule has 1 atom stereocenters. The summed E-state index contributed by atoms with van der Waals surface area (Å²) in [5.41, 5.74) is 7.66. The van der Waals surface area contributed by atoms with Crippen molar-refractivity contribution in [2.45, 2.75) is 18.8 Å². The zero-order valence-corrected chi connectivity index (χ0v) is 12.6. The smallest absolute Gasteiger partial charge is 0.416 e. The molecule has 0 saturated carbocycles. The maximum Gasteiger partial charge on any atom is 0.416 e. The molecule has 1 unspecified atom stereocenters. The van der Waals surface area contributed by atoms with Gasteiger partial charge in [0.15, 0.2) is 0 Å². The van der Waals surface area contributed by atoms with Crippen LogP contribution in [0.15, 0.2) is 42.5 Å². The molecule has 2 aromatic rings. The van der Waals surface area contributed by atoms with Crippen molar-refractivity contribution in [2.75, 3.05) is 18.5 Å². The minimum absolute atomic E-state index is 0.307. The summed E-state index contributed by atoms with van der Waals surface area (Å²) in [5.74, 6) is 0.709. The van der Waals surface area contributed by atoms with Gasteiger partial charge in [0, 0.05) is 13.6 Å². The zero-order chi connectivity index (χ0) is 16.6. The fourth-order valence-corrected chi connectivity index (χ4v) is 2.69. The van der Waals surface area contributed by atoms with Crippen LogP contribution in [0.4, 0.5) is 18.9 Å². The van der Waals surface area contributed by atoms with Gasteiger partial charge in [-0.1, -0.05) is 18.2 Å². The molecule has 2 N–H and O–H groups in total. The first-order chi connectivity index (χ1) is 10.9. The molecule has 3 nitrogen and oxygen atoms in total. The molecule has 1 heterocycles. The first kappa shape index (κ1) is 15.7. The summed E-state index contributed by atoms with van der Waals surface area (Å²) in [6, 6.07) is 10.8. The molecule has 0 bridgehead atoms. The number of hydrogen-bond acceptors (Lipinski definition) is 3. The molecule has 1 aliphatic heterocycles. The Balaban J connectivity index is 1.85. The Kier molecular flexibility index (Phi) is 3.93. The molecular formula is C17H17F3N2O. The molecule has 0 saturated heterocycles. The van der Waals surface area contributed by atoms with Crippen LogP contribution in [0, 0.1) is 0 Å². The lowest BCUT2D eigenvalue weighted by molar-refractivity contribution is -0.137. The van der Waals surface area contributed by atoms with Crippen molar-refractivity contribution in [3.63, 3.8) is 0 Å². The zero-order valence-electron chi connectivity index (χ0n) is 12.6. The Labute approximate surface area is 132 Å². The lowest BCUT2D eigenvalue weighted by atomic mass is 10.0. The Bertz CT molecular complexity index is 698. The topological polar surface area (TPSA) is 38.5 Å². The number of hydrogen-bond donors (Lipinski definition) is 1. The monoisotopic (exact) mass is 322 g/mol. The average molecular weight is 322 g/mol. The van der Waals surface area contributed by atoms with Crippen LogP contribution in [-0.4, -0.2) is 13.6 Å². The van der Waals surface area contributed by atoms with Gasteiger partial charge >= 0.3 is 6.18 Å². The van der Waals surface area contributed by atoms with E-state index in [1.54, 1.807) is 0 Å². The molecule has 0 fully saturated rings. The summed E-state index contributed by atoms with van der Waals surface area (Å²) in [6.07, 6.45) is -4.63. The molecule has 0 aliphatic carbocycles. The molecule has 2 aromatic carbocycles. The summed E-state index contributed by atoms with van der Waals surface area (Å²) in [6.45, 7) is 1.01. The van der Waals surface area contributed by atoms with Crippen molar-refractivity contribution in [3.8, 4) is 5.75 Å². The number of nitrogens with two attached hydrogens (primary N) is 1. The van der Waals surface area contributed by atoms with E-state index < -0.39 is 11.7 Å². The van der Waals surface area contributed by atoms with Crippen molar-refractivity contribution in [1.29, 1.82) is 0 Å². The van der Waals surface area contributed by atoms with E-state index in [9.17, 15) is 13.2 Å². The lowest BCUT2D eigenvalue weighted by Gasteiger charge is -2.34. The predicted octanol–water partition coefficient (Wildman–Crippen LogP) is 3.73. The molecule has 0 aromatic heterocycles. The number of ether oxygens (including phenoxy) is 1. The molecule has 0 spiro atoms. The van der Waals surface area contributed by atoms with Crippen LogP contribution in [0.25, 0.3) is 0 Å². The summed E-state index contributed by atoms with van der Waals surface area (Å²) < 4.78 is 43.9. The van der Waals surface area contributed by atoms with Crippen molar-refractivity contribution in [1.82, 2.24) is 0 Å². The number of rotatable bonds is 2. The van der Waals surface area contributed by atoms with Gasteiger partial charge in [0.05, 0.1) is 17.8 Å². The summed E-state index contributed by atoms with van der Waals surface area (Å²) >= 11 is 0. The number of alkyl halides is 3. The van der Waals surface area contributed by atoms with Crippen molar-refractivity contribution in [2.24, 2.45) is 5.73 Å². The fourth-order valence-electron chi connectivity index (χ4n) is 2.69. The minimum Gasteiger partial charge on any atom is -0.482 e. The number of nitrogens with zero attached hydrogens (tertiary/aromatic N) is 1. The first-order valence-electron chi connectivity index (χ1n) is 7.26. The lowest BCUT2D eigenvalue weighted by Crippen LogP contribution is -2.32. The highest BCUT2D eigenvalue weighted by molar-refractivity contribution is 5.61. The second-order valence-electron chi connectivity index (χ2n) is 5.61. The summed E-state index contributed by atoms with van der Waals surface area (Å²) in [5, 5.41) is 0. The molecular weight excluding hydrogens is 305 g/mol. The number of likely N-dealkylation sites (N-methyl/N-ethyl adjacent to an activating group) is 1. The number of benzene rings is 2. The second-order valence-corrected chi connectivity index (χ2v) is 5.61. The van der Waals surface area contributed by atoms with Crippen LogP contribution in [-0.2, 0) is 12.7 Å². The van der Waals surface area contributed by atoms with E-state index in [0.29, 0.717) is 18.8 Å². The predicted molar refractivity (Wildman–Crippen MR) is 82.4 cm³/mol. The Hall–Kier alpha value is -2.21. The second kappa shape index (κ2) is 5.77. The van der Waals surface area contributed by atoms with Crippen molar-refractivity contribution in [3.05, 3.63) is 59.2 Å². The third-order valence-corrected chi connectivity index (χ3v) is 3.99. The number of fused-ring (bicyclic) bond motifs is 1. The Morgan fingerprint density at radius 3 is 2.48 bits per heavy atom. The highest BCUT2D eigenvalue weighted by Crippen LogP contribution is 2.38. The summed E-state index contributed by atoms with van der Waals surface area (Å²) in [4.78, 5) is 2.03. The van der Waals surface area contributed by atoms with E-state index >= 15 is 0 Å². The van der Waals surface area contributed by atoms with Crippen LogP contribution in [0.1, 0.15) is 22.8 Å². The maximum atomic E-state index is 12.6. The molecule has 0 radical (unpaired) electrons. The SMILES string of the molecule is CN1CC(c2ccc(C(F)(F)F)cc2)Oc2ccc(CN)cc21. The van der Waals surface area contributed by atoms with Gasteiger partial charge < -0.3 is 15.4 Å². The van der Waals surface area contributed by atoms with Gasteiger partial charge in [0.1, 0.15) is 11.9 Å². The minimum atomic E-state index is -4.33. The largest absolute Gasteiger partial charge is 0.482 e. The van der Waals surface area contributed by atoms with Crippen molar-refractivity contribution >= 4 is 5.69 Å². The van der Waals surface area contributed by atoms with E-state index in [1.807, 2.05) is 30.1 Å². The third kappa shape index (κ3) is 3.12. The Morgan fingerprint density at radius 2 is 1.87 bits per heavy atom. The Morgan fingerprint density at radius 1 is 1.17 bits per heavy atom. The van der Waals surface area contributed by atoms with Gasteiger partial charge in [0.25, 0.3) is 0 Å². The van der Waals surface area contributed by atoms with E-state index in [1.165, 1.54) is 12.1 Å².